The van der Waals surface area contributed by atoms with Gasteiger partial charge in [-0.1, -0.05) is 25.5 Å². The largest absolute Gasteiger partial charge is 0.491 e. The molecule has 0 aromatic heterocycles. The van der Waals surface area contributed by atoms with E-state index in [4.69, 9.17) is 9.47 Å². The first-order valence-electron chi connectivity index (χ1n) is 7.36. The summed E-state index contributed by atoms with van der Waals surface area (Å²) in [5.74, 6) is 1.04. The van der Waals surface area contributed by atoms with Gasteiger partial charge in [-0.25, -0.2) is 0 Å². The van der Waals surface area contributed by atoms with Gasteiger partial charge in [-0.05, 0) is 43.5 Å². The average molecular weight is 263 g/mol. The van der Waals surface area contributed by atoms with Crippen LogP contribution in [-0.4, -0.2) is 26.9 Å². The van der Waals surface area contributed by atoms with Crippen molar-refractivity contribution in [1.29, 1.82) is 0 Å². The zero-order chi connectivity index (χ0) is 13.5. The molecule has 1 aromatic carbocycles. The van der Waals surface area contributed by atoms with Crippen molar-refractivity contribution in [2.24, 2.45) is 0 Å². The average Bonchev–Trinajstić information content (AvgIpc) is 2.86. The van der Waals surface area contributed by atoms with Crippen LogP contribution in [0.5, 0.6) is 5.75 Å². The molecule has 1 unspecified atom stereocenters. The zero-order valence-electron chi connectivity index (χ0n) is 12.1. The van der Waals surface area contributed by atoms with E-state index in [9.17, 15) is 0 Å². The smallest absolute Gasteiger partial charge is 0.122 e. The molecule has 19 heavy (non-hydrogen) atoms. The van der Waals surface area contributed by atoms with Crippen LogP contribution in [0.4, 0.5) is 0 Å². The highest BCUT2D eigenvalue weighted by atomic mass is 16.5. The van der Waals surface area contributed by atoms with E-state index in [0.717, 1.165) is 25.2 Å². The summed E-state index contributed by atoms with van der Waals surface area (Å²) >= 11 is 0. The number of nitrogens with one attached hydrogen (secondary N) is 1. The third kappa shape index (κ3) is 3.71. The molecule has 3 heteroatoms. The van der Waals surface area contributed by atoms with Crippen molar-refractivity contribution in [2.45, 2.75) is 38.6 Å². The number of benzene rings is 1. The summed E-state index contributed by atoms with van der Waals surface area (Å²) in [4.78, 5) is 0. The molecule has 106 valence electrons. The van der Waals surface area contributed by atoms with Gasteiger partial charge >= 0.3 is 0 Å². The molecule has 1 aliphatic carbocycles. The van der Waals surface area contributed by atoms with Crippen LogP contribution in [0.3, 0.4) is 0 Å². The van der Waals surface area contributed by atoms with Gasteiger partial charge in [0.25, 0.3) is 0 Å². The summed E-state index contributed by atoms with van der Waals surface area (Å²) in [6.07, 6.45) is 4.58. The lowest BCUT2D eigenvalue weighted by Gasteiger charge is -2.13. The second-order valence-corrected chi connectivity index (χ2v) is 5.02. The fraction of sp³-hybridized carbons (Fsp3) is 0.625. The highest BCUT2D eigenvalue weighted by Gasteiger charge is 2.23. The van der Waals surface area contributed by atoms with Crippen molar-refractivity contribution in [1.82, 2.24) is 5.32 Å². The number of ether oxygens (including phenoxy) is 2. The molecule has 0 aliphatic heterocycles. The van der Waals surface area contributed by atoms with Crippen LogP contribution in [0, 0.1) is 0 Å². The summed E-state index contributed by atoms with van der Waals surface area (Å²) in [5, 5.41) is 3.36. The normalized spacial score (nSPS) is 17.5. The molecule has 1 aromatic rings. The molecule has 1 aliphatic rings. The van der Waals surface area contributed by atoms with Gasteiger partial charge < -0.3 is 14.8 Å². The van der Waals surface area contributed by atoms with Gasteiger partial charge in [-0.3, -0.25) is 0 Å². The lowest BCUT2D eigenvalue weighted by Crippen LogP contribution is -2.13. The predicted molar refractivity (Wildman–Crippen MR) is 77.8 cm³/mol. The Bertz CT molecular complexity index is 392. The van der Waals surface area contributed by atoms with Gasteiger partial charge in [-0.15, -0.1) is 0 Å². The Morgan fingerprint density at radius 3 is 2.95 bits per heavy atom. The molecule has 0 bridgehead atoms. The van der Waals surface area contributed by atoms with Crippen LogP contribution in [0.1, 0.15) is 43.4 Å². The van der Waals surface area contributed by atoms with Crippen molar-refractivity contribution < 1.29 is 9.47 Å². The first-order chi connectivity index (χ1) is 9.36. The maximum absolute atomic E-state index is 5.87. The van der Waals surface area contributed by atoms with Crippen LogP contribution < -0.4 is 10.1 Å². The molecule has 0 amide bonds. The SMILES string of the molecule is CCCCOCCOc1cccc2c1CCC2NC. The molecule has 1 N–H and O–H groups in total. The molecule has 3 nitrogen and oxygen atoms in total. The van der Waals surface area contributed by atoms with E-state index in [1.165, 1.54) is 24.0 Å². The van der Waals surface area contributed by atoms with E-state index in [0.29, 0.717) is 19.3 Å². The Labute approximate surface area is 116 Å². The summed E-state index contributed by atoms with van der Waals surface area (Å²) in [5.41, 5.74) is 2.77. The quantitative estimate of drug-likeness (QED) is 0.731. The molecule has 0 spiro atoms. The van der Waals surface area contributed by atoms with Crippen molar-refractivity contribution >= 4 is 0 Å². The molecule has 2 rings (SSSR count). The van der Waals surface area contributed by atoms with Gasteiger partial charge in [0.2, 0.25) is 0 Å². The molecule has 0 radical (unpaired) electrons. The first-order valence-corrected chi connectivity index (χ1v) is 7.36. The molecular formula is C16H25NO2. The minimum absolute atomic E-state index is 0.486. The Hall–Kier alpha value is -1.06. The number of rotatable bonds is 8. The van der Waals surface area contributed by atoms with Crippen molar-refractivity contribution in [3.8, 4) is 5.75 Å². The van der Waals surface area contributed by atoms with Gasteiger partial charge in [0, 0.05) is 12.6 Å². The van der Waals surface area contributed by atoms with Crippen molar-refractivity contribution in [3.63, 3.8) is 0 Å². The third-order valence-corrected chi connectivity index (χ3v) is 3.70. The Balaban J connectivity index is 1.83. The van der Waals surface area contributed by atoms with E-state index in [-0.39, 0.29) is 0 Å². The van der Waals surface area contributed by atoms with Crippen molar-refractivity contribution in [2.75, 3.05) is 26.9 Å². The number of unbranched alkanes of at least 4 members (excludes halogenated alkanes) is 1. The van der Waals surface area contributed by atoms with E-state index < -0.39 is 0 Å². The van der Waals surface area contributed by atoms with E-state index in [1.807, 2.05) is 7.05 Å². The van der Waals surface area contributed by atoms with Gasteiger partial charge in [0.15, 0.2) is 0 Å². The number of fused-ring (bicyclic) bond motifs is 1. The monoisotopic (exact) mass is 263 g/mol. The summed E-state index contributed by atoms with van der Waals surface area (Å²) in [7, 11) is 2.02. The maximum Gasteiger partial charge on any atom is 0.122 e. The van der Waals surface area contributed by atoms with Crippen LogP contribution in [0.15, 0.2) is 18.2 Å². The summed E-state index contributed by atoms with van der Waals surface area (Å²) in [6.45, 7) is 4.34. The zero-order valence-corrected chi connectivity index (χ0v) is 12.1. The van der Waals surface area contributed by atoms with E-state index in [2.05, 4.69) is 30.4 Å². The number of hydrogen-bond acceptors (Lipinski definition) is 3. The lowest BCUT2D eigenvalue weighted by atomic mass is 10.1. The fourth-order valence-corrected chi connectivity index (χ4v) is 2.61. The Kier molecular flexibility index (Phi) is 5.67. The first kappa shape index (κ1) is 14.4. The minimum atomic E-state index is 0.486. The second-order valence-electron chi connectivity index (χ2n) is 5.02. The summed E-state index contributed by atoms with van der Waals surface area (Å²) < 4.78 is 11.4. The van der Waals surface area contributed by atoms with Gasteiger partial charge in [0.1, 0.15) is 12.4 Å². The topological polar surface area (TPSA) is 30.5 Å². The van der Waals surface area contributed by atoms with Crippen molar-refractivity contribution in [3.05, 3.63) is 29.3 Å². The standard InChI is InChI=1S/C16H25NO2/c1-3-4-10-18-11-12-19-16-7-5-6-13-14(16)8-9-15(13)17-2/h5-7,15,17H,3-4,8-12H2,1-2H3. The summed E-state index contributed by atoms with van der Waals surface area (Å²) in [6, 6.07) is 6.85. The highest BCUT2D eigenvalue weighted by Crippen LogP contribution is 2.36. The fourth-order valence-electron chi connectivity index (χ4n) is 2.61. The molecular weight excluding hydrogens is 238 g/mol. The molecule has 0 fully saturated rings. The Morgan fingerprint density at radius 1 is 1.26 bits per heavy atom. The second kappa shape index (κ2) is 7.51. The van der Waals surface area contributed by atoms with E-state index >= 15 is 0 Å². The van der Waals surface area contributed by atoms with Gasteiger partial charge in [0.05, 0.1) is 6.61 Å². The van der Waals surface area contributed by atoms with Crippen LogP contribution in [0.25, 0.3) is 0 Å². The van der Waals surface area contributed by atoms with Crippen LogP contribution in [-0.2, 0) is 11.2 Å². The molecule has 1 atom stereocenters. The molecule has 0 heterocycles. The Morgan fingerprint density at radius 2 is 2.16 bits per heavy atom. The third-order valence-electron chi connectivity index (χ3n) is 3.70. The minimum Gasteiger partial charge on any atom is -0.491 e. The predicted octanol–water partition coefficient (Wildman–Crippen LogP) is 3.09. The van der Waals surface area contributed by atoms with Crippen LogP contribution >= 0.6 is 0 Å². The van der Waals surface area contributed by atoms with Gasteiger partial charge in [-0.2, -0.15) is 0 Å². The molecule has 0 saturated carbocycles. The molecule has 0 saturated heterocycles. The number of hydrogen-bond donors (Lipinski definition) is 1. The lowest BCUT2D eigenvalue weighted by molar-refractivity contribution is 0.0977. The maximum atomic E-state index is 5.87. The van der Waals surface area contributed by atoms with E-state index in [1.54, 1.807) is 0 Å². The highest BCUT2D eigenvalue weighted by molar-refractivity contribution is 5.45. The van der Waals surface area contributed by atoms with Crippen LogP contribution in [0.2, 0.25) is 0 Å².